The van der Waals surface area contributed by atoms with Crippen molar-refractivity contribution in [2.75, 3.05) is 26.3 Å². The average Bonchev–Trinajstić information content (AvgIpc) is 2.84. The first-order valence-electron chi connectivity index (χ1n) is 5.92. The lowest BCUT2D eigenvalue weighted by molar-refractivity contribution is -0.384. The third kappa shape index (κ3) is 2.94. The molecule has 0 radical (unpaired) electrons. The van der Waals surface area contributed by atoms with Gasteiger partial charge in [0.25, 0.3) is 5.69 Å². The molecule has 1 aliphatic rings. The number of ether oxygens (including phenoxy) is 1. The van der Waals surface area contributed by atoms with E-state index in [9.17, 15) is 19.7 Å². The van der Waals surface area contributed by atoms with Crippen molar-refractivity contribution in [3.8, 4) is 0 Å². The topological polar surface area (TPSA) is 115 Å². The highest BCUT2D eigenvalue weighted by Gasteiger charge is 2.23. The van der Waals surface area contributed by atoms with Crippen LogP contribution in [-0.4, -0.2) is 57.7 Å². The zero-order chi connectivity index (χ0) is 14.7. The highest BCUT2D eigenvalue weighted by Crippen LogP contribution is 2.17. The van der Waals surface area contributed by atoms with Gasteiger partial charge in [0.1, 0.15) is 12.2 Å². The van der Waals surface area contributed by atoms with Gasteiger partial charge in [0, 0.05) is 19.2 Å². The van der Waals surface area contributed by atoms with Crippen molar-refractivity contribution >= 4 is 17.6 Å². The van der Waals surface area contributed by atoms with Gasteiger partial charge in [-0.2, -0.15) is 0 Å². The van der Waals surface area contributed by atoms with Crippen LogP contribution in [0.15, 0.2) is 12.3 Å². The molecular formula is C11H13N3O6. The van der Waals surface area contributed by atoms with Crippen LogP contribution in [0, 0.1) is 10.1 Å². The van der Waals surface area contributed by atoms with Gasteiger partial charge in [-0.3, -0.25) is 14.9 Å². The Hall–Kier alpha value is -2.42. The van der Waals surface area contributed by atoms with E-state index in [4.69, 9.17) is 9.84 Å². The first kappa shape index (κ1) is 14.0. The molecule has 2 heterocycles. The maximum absolute atomic E-state index is 12.0. The highest BCUT2D eigenvalue weighted by atomic mass is 16.6. The smallest absolute Gasteiger partial charge is 0.352 e. The summed E-state index contributed by atoms with van der Waals surface area (Å²) >= 11 is 0. The van der Waals surface area contributed by atoms with Crippen LogP contribution in [0.25, 0.3) is 0 Å². The van der Waals surface area contributed by atoms with Crippen LogP contribution in [0.2, 0.25) is 0 Å². The monoisotopic (exact) mass is 283 g/mol. The van der Waals surface area contributed by atoms with Crippen molar-refractivity contribution in [2.24, 2.45) is 0 Å². The zero-order valence-electron chi connectivity index (χ0n) is 10.5. The van der Waals surface area contributed by atoms with E-state index in [1.165, 1.54) is 0 Å². The third-order valence-electron chi connectivity index (χ3n) is 2.98. The van der Waals surface area contributed by atoms with Crippen molar-refractivity contribution < 1.29 is 24.4 Å². The molecule has 108 valence electrons. The number of aromatic carboxylic acids is 1. The molecule has 0 aromatic carbocycles. The van der Waals surface area contributed by atoms with Crippen LogP contribution >= 0.6 is 0 Å². The Labute approximate surface area is 113 Å². The lowest BCUT2D eigenvalue weighted by Gasteiger charge is -2.27. The van der Waals surface area contributed by atoms with E-state index in [-0.39, 0.29) is 23.8 Å². The summed E-state index contributed by atoms with van der Waals surface area (Å²) in [6, 6.07) is 0.939. The summed E-state index contributed by atoms with van der Waals surface area (Å²) in [6.45, 7) is 1.50. The Kier molecular flexibility index (Phi) is 3.99. The molecule has 9 nitrogen and oxygen atoms in total. The van der Waals surface area contributed by atoms with E-state index in [2.05, 4.69) is 0 Å². The molecule has 1 aromatic heterocycles. The van der Waals surface area contributed by atoms with Gasteiger partial charge in [-0.25, -0.2) is 4.79 Å². The van der Waals surface area contributed by atoms with Crippen molar-refractivity contribution in [3.63, 3.8) is 0 Å². The summed E-state index contributed by atoms with van der Waals surface area (Å²) in [5, 5.41) is 19.7. The second kappa shape index (κ2) is 5.70. The number of nitrogens with zero attached hydrogens (tertiary/aromatic N) is 3. The van der Waals surface area contributed by atoms with Gasteiger partial charge in [0.05, 0.1) is 24.3 Å². The maximum atomic E-state index is 12.0. The predicted molar refractivity (Wildman–Crippen MR) is 65.4 cm³/mol. The number of amides is 1. The Morgan fingerprint density at radius 3 is 2.60 bits per heavy atom. The van der Waals surface area contributed by atoms with Crippen LogP contribution in [-0.2, 0) is 16.1 Å². The Balaban J connectivity index is 2.16. The molecule has 0 bridgehead atoms. The molecule has 1 N–H and O–H groups in total. The van der Waals surface area contributed by atoms with Crippen molar-refractivity contribution in [1.82, 2.24) is 9.47 Å². The predicted octanol–water partition coefficient (Wildman–Crippen LogP) is -0.0467. The maximum Gasteiger partial charge on any atom is 0.352 e. The quantitative estimate of drug-likeness (QED) is 0.612. The van der Waals surface area contributed by atoms with Gasteiger partial charge in [0.15, 0.2) is 0 Å². The van der Waals surface area contributed by atoms with Gasteiger partial charge < -0.3 is 19.3 Å². The van der Waals surface area contributed by atoms with Crippen LogP contribution in [0.3, 0.4) is 0 Å². The van der Waals surface area contributed by atoms with Crippen molar-refractivity contribution in [1.29, 1.82) is 0 Å². The van der Waals surface area contributed by atoms with Gasteiger partial charge in [-0.05, 0) is 0 Å². The van der Waals surface area contributed by atoms with Gasteiger partial charge in [-0.15, -0.1) is 0 Å². The summed E-state index contributed by atoms with van der Waals surface area (Å²) in [6.07, 6.45) is 1.06. The van der Waals surface area contributed by atoms with Crippen LogP contribution < -0.4 is 0 Å². The normalized spacial score (nSPS) is 15.1. The SMILES string of the molecule is O=C(O)c1cc([N+](=O)[O-])cn1CC(=O)N1CCOCC1. The van der Waals surface area contributed by atoms with Gasteiger partial charge in [-0.1, -0.05) is 0 Å². The molecule has 0 atom stereocenters. The summed E-state index contributed by atoms with van der Waals surface area (Å²) < 4.78 is 6.20. The van der Waals surface area contributed by atoms with Gasteiger partial charge >= 0.3 is 5.97 Å². The summed E-state index contributed by atoms with van der Waals surface area (Å²) in [5.41, 5.74) is -0.629. The van der Waals surface area contributed by atoms with E-state index in [0.29, 0.717) is 26.3 Å². The van der Waals surface area contributed by atoms with E-state index in [0.717, 1.165) is 16.8 Å². The lowest BCUT2D eigenvalue weighted by atomic mass is 10.3. The molecular weight excluding hydrogens is 270 g/mol. The fraction of sp³-hybridized carbons (Fsp3) is 0.455. The van der Waals surface area contributed by atoms with E-state index < -0.39 is 10.9 Å². The molecule has 2 rings (SSSR count). The lowest BCUT2D eigenvalue weighted by Crippen LogP contribution is -2.42. The van der Waals surface area contributed by atoms with E-state index >= 15 is 0 Å². The molecule has 1 amide bonds. The molecule has 0 saturated carbocycles. The Morgan fingerprint density at radius 2 is 2.05 bits per heavy atom. The number of aromatic nitrogens is 1. The van der Waals surface area contributed by atoms with Crippen LogP contribution in [0.1, 0.15) is 10.5 Å². The molecule has 0 aliphatic carbocycles. The summed E-state index contributed by atoms with van der Waals surface area (Å²) in [4.78, 5) is 34.5. The molecule has 1 aliphatic heterocycles. The van der Waals surface area contributed by atoms with Crippen LogP contribution in [0.5, 0.6) is 0 Å². The molecule has 1 saturated heterocycles. The molecule has 1 aromatic rings. The van der Waals surface area contributed by atoms with E-state index in [1.807, 2.05) is 0 Å². The standard InChI is InChI=1S/C11H13N3O6/c15-10(12-1-3-20-4-2-12)7-13-6-8(14(18)19)5-9(13)11(16)17/h5-6H,1-4,7H2,(H,16,17). The zero-order valence-corrected chi connectivity index (χ0v) is 10.5. The first-order chi connectivity index (χ1) is 9.49. The first-order valence-corrected chi connectivity index (χ1v) is 5.92. The number of carbonyl (C=O) groups is 2. The minimum Gasteiger partial charge on any atom is -0.477 e. The number of morpholine rings is 1. The number of hydrogen-bond acceptors (Lipinski definition) is 5. The van der Waals surface area contributed by atoms with Crippen LogP contribution in [0.4, 0.5) is 5.69 Å². The number of carboxylic acid groups (broad SMARTS) is 1. The number of rotatable bonds is 4. The fourth-order valence-electron chi connectivity index (χ4n) is 1.96. The minimum atomic E-state index is -1.31. The second-order valence-corrected chi connectivity index (χ2v) is 4.27. The molecule has 9 heteroatoms. The number of hydrogen-bond donors (Lipinski definition) is 1. The molecule has 0 spiro atoms. The Bertz CT molecular complexity index is 546. The number of carboxylic acids is 1. The Morgan fingerprint density at radius 1 is 1.40 bits per heavy atom. The highest BCUT2D eigenvalue weighted by molar-refractivity contribution is 5.88. The molecule has 0 unspecified atom stereocenters. The average molecular weight is 283 g/mol. The van der Waals surface area contributed by atoms with E-state index in [1.54, 1.807) is 4.90 Å². The number of carbonyl (C=O) groups excluding carboxylic acids is 1. The number of nitro groups is 1. The van der Waals surface area contributed by atoms with Gasteiger partial charge in [0.2, 0.25) is 5.91 Å². The summed E-state index contributed by atoms with van der Waals surface area (Å²) in [5.74, 6) is -1.60. The van der Waals surface area contributed by atoms with Crippen molar-refractivity contribution in [2.45, 2.75) is 6.54 Å². The fourth-order valence-corrected chi connectivity index (χ4v) is 1.96. The summed E-state index contributed by atoms with van der Waals surface area (Å²) in [7, 11) is 0. The third-order valence-corrected chi connectivity index (χ3v) is 2.98. The minimum absolute atomic E-state index is 0.241. The van der Waals surface area contributed by atoms with Crippen molar-refractivity contribution in [3.05, 3.63) is 28.1 Å². The largest absolute Gasteiger partial charge is 0.477 e. The molecule has 1 fully saturated rings. The second-order valence-electron chi connectivity index (χ2n) is 4.27. The molecule has 20 heavy (non-hydrogen) atoms.